The van der Waals surface area contributed by atoms with Crippen LogP contribution >= 0.6 is 0 Å². The number of pyridine rings is 1. The topological polar surface area (TPSA) is 12.9 Å². The minimum absolute atomic E-state index is 0.362. The van der Waals surface area contributed by atoms with Gasteiger partial charge >= 0.3 is 0 Å². The van der Waals surface area contributed by atoms with E-state index in [0.29, 0.717) is 10.8 Å². The van der Waals surface area contributed by atoms with E-state index in [9.17, 15) is 0 Å². The molecule has 1 aromatic heterocycles. The van der Waals surface area contributed by atoms with Gasteiger partial charge in [-0.3, -0.25) is 4.98 Å². The third-order valence-electron chi connectivity index (χ3n) is 8.57. The fourth-order valence-electron chi connectivity index (χ4n) is 7.24. The van der Waals surface area contributed by atoms with E-state index in [4.69, 9.17) is 0 Å². The third-order valence-corrected chi connectivity index (χ3v) is 8.57. The first-order valence-corrected chi connectivity index (χ1v) is 11.4. The number of fused-ring (bicyclic) bond motifs is 5. The van der Waals surface area contributed by atoms with Crippen molar-refractivity contribution in [1.29, 1.82) is 0 Å². The van der Waals surface area contributed by atoms with Crippen LogP contribution in [0.5, 0.6) is 0 Å². The number of aromatic nitrogens is 1. The average Bonchev–Trinajstić information content (AvgIpc) is 3.07. The van der Waals surface area contributed by atoms with Crippen LogP contribution in [0.15, 0.2) is 42.3 Å². The van der Waals surface area contributed by atoms with Crippen molar-refractivity contribution in [2.75, 3.05) is 0 Å². The normalized spacial score (nSPS) is 39.8. The number of rotatable bonds is 1. The molecule has 0 aliphatic heterocycles. The molecular weight excluding hydrogens is 326 g/mol. The van der Waals surface area contributed by atoms with E-state index >= 15 is 0 Å². The number of hydrogen-bond donors (Lipinski definition) is 0. The maximum absolute atomic E-state index is 4.39. The van der Waals surface area contributed by atoms with E-state index in [1.807, 2.05) is 25.6 Å². The van der Waals surface area contributed by atoms with Gasteiger partial charge in [0.15, 0.2) is 0 Å². The predicted octanol–water partition coefficient (Wildman–Crippen LogP) is 7.45. The summed E-state index contributed by atoms with van der Waals surface area (Å²) < 4.78 is 0. The third kappa shape index (κ3) is 2.84. The smallest absolute Gasteiger partial charge is 0.0343 e. The first-order valence-electron chi connectivity index (χ1n) is 11.4. The average molecular weight is 364 g/mol. The molecular formula is C26H37N. The molecule has 4 aliphatic carbocycles. The van der Waals surface area contributed by atoms with Crippen molar-refractivity contribution in [2.24, 2.45) is 28.6 Å². The summed E-state index contributed by atoms with van der Waals surface area (Å²) in [7, 11) is 0. The largest absolute Gasteiger partial charge is 0.264 e. The summed E-state index contributed by atoms with van der Waals surface area (Å²) in [6, 6.07) is 4.36. The predicted molar refractivity (Wildman–Crippen MR) is 115 cm³/mol. The van der Waals surface area contributed by atoms with Crippen LogP contribution in [0.1, 0.15) is 84.6 Å². The van der Waals surface area contributed by atoms with Crippen molar-refractivity contribution in [3.05, 3.63) is 47.8 Å². The Morgan fingerprint density at radius 3 is 2.59 bits per heavy atom. The van der Waals surface area contributed by atoms with Crippen LogP contribution in [-0.4, -0.2) is 4.98 Å². The van der Waals surface area contributed by atoms with Crippen molar-refractivity contribution in [3.8, 4) is 0 Å². The van der Waals surface area contributed by atoms with Gasteiger partial charge in [0.25, 0.3) is 0 Å². The Hall–Kier alpha value is -1.37. The first kappa shape index (κ1) is 19.0. The molecule has 0 saturated heterocycles. The summed E-state index contributed by atoms with van der Waals surface area (Å²) in [5.41, 5.74) is 5.65. The van der Waals surface area contributed by atoms with Crippen molar-refractivity contribution in [2.45, 2.75) is 79.1 Å². The molecule has 2 fully saturated rings. The Balaban J connectivity index is 0.000000872. The second-order valence-corrected chi connectivity index (χ2v) is 9.52. The molecule has 1 nitrogen and oxygen atoms in total. The number of allylic oxidation sites excluding steroid dienone is 4. The Bertz CT molecular complexity index is 730. The number of nitrogens with zero attached hydrogens (tertiary/aromatic N) is 1. The molecule has 1 heterocycles. The van der Waals surface area contributed by atoms with Crippen molar-refractivity contribution in [3.63, 3.8) is 0 Å². The van der Waals surface area contributed by atoms with Crippen LogP contribution in [0.4, 0.5) is 0 Å². The van der Waals surface area contributed by atoms with E-state index in [1.54, 1.807) is 5.57 Å². The van der Waals surface area contributed by atoms with Crippen molar-refractivity contribution in [1.82, 2.24) is 4.98 Å². The summed E-state index contributed by atoms with van der Waals surface area (Å²) in [4.78, 5) is 4.39. The van der Waals surface area contributed by atoms with Gasteiger partial charge in [0, 0.05) is 12.4 Å². The zero-order valence-electron chi connectivity index (χ0n) is 17.8. The van der Waals surface area contributed by atoms with Crippen LogP contribution in [-0.2, 0) is 0 Å². The lowest BCUT2D eigenvalue weighted by molar-refractivity contribution is -0.00980. The number of hydrogen-bond acceptors (Lipinski definition) is 1. The molecule has 146 valence electrons. The molecule has 4 aliphatic rings. The highest BCUT2D eigenvalue weighted by atomic mass is 14.6. The van der Waals surface area contributed by atoms with Gasteiger partial charge in [0.05, 0.1) is 0 Å². The molecule has 0 bridgehead atoms. The van der Waals surface area contributed by atoms with Gasteiger partial charge in [-0.05, 0) is 90.7 Å². The molecule has 1 aromatic rings. The highest BCUT2D eigenvalue weighted by Crippen LogP contribution is 2.66. The lowest BCUT2D eigenvalue weighted by Crippen LogP contribution is -2.48. The second-order valence-electron chi connectivity index (χ2n) is 9.52. The van der Waals surface area contributed by atoms with Gasteiger partial charge in [0.2, 0.25) is 0 Å². The molecule has 0 radical (unpaired) electrons. The maximum atomic E-state index is 4.39. The highest BCUT2D eigenvalue weighted by Gasteiger charge is 2.56. The summed E-state index contributed by atoms with van der Waals surface area (Å²) in [6.45, 7) is 9.17. The zero-order chi connectivity index (χ0) is 19.1. The molecule has 0 N–H and O–H groups in total. The quantitative estimate of drug-likeness (QED) is 0.472. The van der Waals surface area contributed by atoms with Gasteiger partial charge in [0.1, 0.15) is 0 Å². The van der Waals surface area contributed by atoms with Crippen molar-refractivity contribution < 1.29 is 0 Å². The lowest BCUT2D eigenvalue weighted by Gasteiger charge is -2.57. The van der Waals surface area contributed by atoms with E-state index < -0.39 is 0 Å². The summed E-state index contributed by atoms with van der Waals surface area (Å²) in [5, 5.41) is 0. The minimum atomic E-state index is 0.362. The molecule has 0 amide bonds. The summed E-state index contributed by atoms with van der Waals surface area (Å²) in [5.74, 6) is 2.64. The molecule has 5 atom stereocenters. The molecule has 27 heavy (non-hydrogen) atoms. The SMILES string of the molecule is CC.CC12CCCCC1=CCC1C2CCC2(C)C(c3cccnc3)=CCC12. The fraction of sp³-hybridized carbons (Fsp3) is 0.654. The van der Waals surface area contributed by atoms with Gasteiger partial charge in [-0.25, -0.2) is 0 Å². The molecule has 1 heteroatoms. The van der Waals surface area contributed by atoms with Crippen LogP contribution < -0.4 is 0 Å². The van der Waals surface area contributed by atoms with Crippen LogP contribution in [0.2, 0.25) is 0 Å². The first-order chi connectivity index (χ1) is 13.1. The standard InChI is InChI=1S/C24H31N.C2H6/c1-23-13-4-3-7-18(23)8-9-19-21-11-10-20(17-6-5-15-25-16-17)24(21,2)14-12-22(19)23;1-2/h5-6,8,10,15-16,19,21-22H,3-4,7,9,11-14H2,1-2H3;1-2H3. The van der Waals surface area contributed by atoms with Crippen LogP contribution in [0.3, 0.4) is 0 Å². The van der Waals surface area contributed by atoms with Crippen LogP contribution in [0.25, 0.3) is 5.57 Å². The zero-order valence-corrected chi connectivity index (χ0v) is 17.8. The molecule has 0 spiro atoms. The van der Waals surface area contributed by atoms with E-state index in [-0.39, 0.29) is 0 Å². The molecule has 5 rings (SSSR count). The Morgan fingerprint density at radius 1 is 0.963 bits per heavy atom. The summed E-state index contributed by atoms with van der Waals surface area (Å²) in [6.07, 6.45) is 20.3. The van der Waals surface area contributed by atoms with Gasteiger partial charge in [-0.15, -0.1) is 0 Å². The monoisotopic (exact) mass is 363 g/mol. The van der Waals surface area contributed by atoms with E-state index in [1.165, 1.54) is 56.9 Å². The van der Waals surface area contributed by atoms with Crippen LogP contribution in [0, 0.1) is 28.6 Å². The van der Waals surface area contributed by atoms with E-state index in [2.05, 4.69) is 49.3 Å². The van der Waals surface area contributed by atoms with Gasteiger partial charge in [-0.1, -0.05) is 57.9 Å². The lowest BCUT2D eigenvalue weighted by atomic mass is 9.47. The highest BCUT2D eigenvalue weighted by molar-refractivity contribution is 5.72. The maximum Gasteiger partial charge on any atom is 0.0343 e. The van der Waals surface area contributed by atoms with Gasteiger partial charge in [-0.2, -0.15) is 0 Å². The minimum Gasteiger partial charge on any atom is -0.264 e. The Kier molecular flexibility index (Phi) is 5.08. The summed E-state index contributed by atoms with van der Waals surface area (Å²) >= 11 is 0. The Labute approximate surface area is 166 Å². The van der Waals surface area contributed by atoms with Crippen molar-refractivity contribution >= 4 is 5.57 Å². The Morgan fingerprint density at radius 2 is 1.81 bits per heavy atom. The fourth-order valence-corrected chi connectivity index (χ4v) is 7.24. The second kappa shape index (κ2) is 7.22. The molecule has 5 unspecified atom stereocenters. The molecule has 2 saturated carbocycles. The van der Waals surface area contributed by atoms with Gasteiger partial charge < -0.3 is 0 Å². The van der Waals surface area contributed by atoms with E-state index in [0.717, 1.165) is 17.8 Å². The molecule has 0 aromatic carbocycles.